The van der Waals surface area contributed by atoms with E-state index < -0.39 is 17.8 Å². The Bertz CT molecular complexity index is 1080. The number of aromatic hydroxyl groups is 1. The number of rotatable bonds is 6. The lowest BCUT2D eigenvalue weighted by Gasteiger charge is -2.26. The number of amides is 4. The highest BCUT2D eigenvalue weighted by atomic mass is 79.9. The van der Waals surface area contributed by atoms with Gasteiger partial charge in [0.15, 0.2) is 11.5 Å². The number of imide groups is 2. The average molecular weight is 471 g/mol. The van der Waals surface area contributed by atoms with Crippen LogP contribution in [0.25, 0.3) is 6.08 Å². The number of barbiturate groups is 1. The van der Waals surface area contributed by atoms with E-state index in [1.165, 1.54) is 12.1 Å². The van der Waals surface area contributed by atoms with Crippen molar-refractivity contribution in [3.8, 4) is 11.5 Å². The van der Waals surface area contributed by atoms with Crippen molar-refractivity contribution < 1.29 is 24.2 Å². The summed E-state index contributed by atoms with van der Waals surface area (Å²) in [5.41, 5.74) is 1.10. The van der Waals surface area contributed by atoms with Gasteiger partial charge in [-0.1, -0.05) is 28.1 Å². The first-order chi connectivity index (χ1) is 14.3. The van der Waals surface area contributed by atoms with Gasteiger partial charge in [-0.2, -0.15) is 0 Å². The van der Waals surface area contributed by atoms with E-state index >= 15 is 0 Å². The largest absolute Gasteiger partial charge is 0.504 e. The Morgan fingerprint density at radius 1 is 1.23 bits per heavy atom. The van der Waals surface area contributed by atoms with Crippen LogP contribution in [0.15, 0.2) is 59.1 Å². The quantitative estimate of drug-likeness (QED) is 0.378. The van der Waals surface area contributed by atoms with Gasteiger partial charge in [0.25, 0.3) is 11.8 Å². The molecular formula is C22H19BrN2O5. The van der Waals surface area contributed by atoms with Crippen LogP contribution in [0.3, 0.4) is 0 Å². The fourth-order valence-electron chi connectivity index (χ4n) is 3.02. The first-order valence-corrected chi connectivity index (χ1v) is 9.91. The third-order valence-electron chi connectivity index (χ3n) is 4.32. The zero-order valence-corrected chi connectivity index (χ0v) is 17.7. The second-order valence-corrected chi connectivity index (χ2v) is 7.31. The van der Waals surface area contributed by atoms with E-state index in [0.717, 1.165) is 4.90 Å². The Balaban J connectivity index is 2.07. The maximum absolute atomic E-state index is 13.0. The fraction of sp³-hybridized carbons (Fsp3) is 0.136. The maximum atomic E-state index is 13.0. The van der Waals surface area contributed by atoms with E-state index in [0.29, 0.717) is 34.3 Å². The first kappa shape index (κ1) is 21.3. The van der Waals surface area contributed by atoms with Gasteiger partial charge in [-0.15, -0.1) is 6.58 Å². The molecule has 0 unspecified atom stereocenters. The summed E-state index contributed by atoms with van der Waals surface area (Å²) in [6.07, 6.45) is 3.35. The minimum Gasteiger partial charge on any atom is -0.504 e. The highest BCUT2D eigenvalue weighted by Gasteiger charge is 2.36. The average Bonchev–Trinajstić information content (AvgIpc) is 2.69. The van der Waals surface area contributed by atoms with Crippen molar-refractivity contribution in [1.29, 1.82) is 0 Å². The number of carbonyl (C=O) groups is 3. The van der Waals surface area contributed by atoms with E-state index in [1.54, 1.807) is 43.3 Å². The molecule has 2 aromatic rings. The number of halogens is 1. The number of allylic oxidation sites excluding steroid dienone is 1. The van der Waals surface area contributed by atoms with Gasteiger partial charge in [-0.3, -0.25) is 14.9 Å². The number of nitrogens with one attached hydrogen (secondary N) is 1. The second-order valence-electron chi connectivity index (χ2n) is 6.39. The lowest BCUT2D eigenvalue weighted by molar-refractivity contribution is -0.122. The van der Waals surface area contributed by atoms with Crippen LogP contribution in [-0.4, -0.2) is 29.6 Å². The standard InChI is InChI=1S/C22H19BrN2O5/c1-3-6-14-9-13(11-18(19(14)26)30-4-2)10-17-20(27)24-22(29)25(21(17)28)16-8-5-7-15(23)12-16/h3,5,7-12,26H,1,4,6H2,2H3,(H,24,27,29). The molecule has 154 valence electrons. The Morgan fingerprint density at radius 2 is 2.00 bits per heavy atom. The minimum absolute atomic E-state index is 0.0238. The summed E-state index contributed by atoms with van der Waals surface area (Å²) in [6.45, 7) is 5.77. The van der Waals surface area contributed by atoms with Gasteiger partial charge in [0.2, 0.25) is 0 Å². The van der Waals surface area contributed by atoms with E-state index in [1.807, 2.05) is 0 Å². The fourth-order valence-corrected chi connectivity index (χ4v) is 3.41. The van der Waals surface area contributed by atoms with Crippen LogP contribution in [-0.2, 0) is 16.0 Å². The van der Waals surface area contributed by atoms with Crippen molar-refractivity contribution in [1.82, 2.24) is 5.32 Å². The molecule has 1 saturated heterocycles. The van der Waals surface area contributed by atoms with E-state index in [9.17, 15) is 19.5 Å². The monoisotopic (exact) mass is 470 g/mol. The molecule has 1 aliphatic heterocycles. The molecule has 0 aliphatic carbocycles. The van der Waals surface area contributed by atoms with E-state index in [-0.39, 0.29) is 17.1 Å². The van der Waals surface area contributed by atoms with Crippen molar-refractivity contribution >= 4 is 45.5 Å². The Morgan fingerprint density at radius 3 is 2.67 bits per heavy atom. The molecular weight excluding hydrogens is 452 g/mol. The molecule has 0 radical (unpaired) electrons. The number of anilines is 1. The summed E-state index contributed by atoms with van der Waals surface area (Å²) in [4.78, 5) is 38.6. The molecule has 4 amide bonds. The van der Waals surface area contributed by atoms with Crippen LogP contribution in [0.1, 0.15) is 18.1 Å². The van der Waals surface area contributed by atoms with Crippen LogP contribution < -0.4 is 15.0 Å². The SMILES string of the molecule is C=CCc1cc(C=C2C(=O)NC(=O)N(c3cccc(Br)c3)C2=O)cc(OCC)c1O. The number of hydrogen-bond donors (Lipinski definition) is 2. The molecule has 8 heteroatoms. The topological polar surface area (TPSA) is 95.9 Å². The summed E-state index contributed by atoms with van der Waals surface area (Å²) >= 11 is 3.30. The van der Waals surface area contributed by atoms with E-state index in [2.05, 4.69) is 27.8 Å². The zero-order valence-electron chi connectivity index (χ0n) is 16.1. The highest BCUT2D eigenvalue weighted by molar-refractivity contribution is 9.10. The summed E-state index contributed by atoms with van der Waals surface area (Å²) in [6, 6.07) is 8.95. The molecule has 0 bridgehead atoms. The van der Waals surface area contributed by atoms with Gasteiger partial charge in [0, 0.05) is 10.0 Å². The van der Waals surface area contributed by atoms with Crippen molar-refractivity contribution in [3.05, 3.63) is 70.2 Å². The summed E-state index contributed by atoms with van der Waals surface area (Å²) in [5.74, 6) is -1.35. The molecule has 0 aromatic heterocycles. The van der Waals surface area contributed by atoms with Crippen LogP contribution >= 0.6 is 15.9 Å². The summed E-state index contributed by atoms with van der Waals surface area (Å²) in [5, 5.41) is 12.5. The van der Waals surface area contributed by atoms with Gasteiger partial charge in [-0.05, 0) is 55.3 Å². The predicted molar refractivity (Wildman–Crippen MR) is 116 cm³/mol. The van der Waals surface area contributed by atoms with Gasteiger partial charge in [0.1, 0.15) is 5.57 Å². The molecule has 0 saturated carbocycles. The van der Waals surface area contributed by atoms with Crippen LogP contribution in [0, 0.1) is 0 Å². The van der Waals surface area contributed by atoms with Gasteiger partial charge < -0.3 is 9.84 Å². The number of ether oxygens (including phenoxy) is 1. The number of nitrogens with zero attached hydrogens (tertiary/aromatic N) is 1. The molecule has 1 heterocycles. The molecule has 1 fully saturated rings. The normalized spacial score (nSPS) is 15.3. The third-order valence-corrected chi connectivity index (χ3v) is 4.81. The van der Waals surface area contributed by atoms with Crippen LogP contribution in [0.2, 0.25) is 0 Å². The number of carbonyl (C=O) groups excluding carboxylic acids is 3. The summed E-state index contributed by atoms with van der Waals surface area (Å²) < 4.78 is 6.14. The van der Waals surface area contributed by atoms with Crippen molar-refractivity contribution in [2.24, 2.45) is 0 Å². The molecule has 0 atom stereocenters. The maximum Gasteiger partial charge on any atom is 0.335 e. The number of hydrogen-bond acceptors (Lipinski definition) is 5. The number of phenols is 1. The molecule has 3 rings (SSSR count). The molecule has 1 aliphatic rings. The van der Waals surface area contributed by atoms with Gasteiger partial charge in [-0.25, -0.2) is 9.69 Å². The smallest absolute Gasteiger partial charge is 0.335 e. The Hall–Kier alpha value is -3.39. The number of urea groups is 1. The van der Waals surface area contributed by atoms with E-state index in [4.69, 9.17) is 4.74 Å². The molecule has 0 spiro atoms. The number of benzene rings is 2. The Kier molecular flexibility index (Phi) is 6.37. The first-order valence-electron chi connectivity index (χ1n) is 9.12. The predicted octanol–water partition coefficient (Wildman–Crippen LogP) is 3.95. The lowest BCUT2D eigenvalue weighted by Crippen LogP contribution is -2.54. The Labute approximate surface area is 181 Å². The molecule has 2 N–H and O–H groups in total. The lowest BCUT2D eigenvalue weighted by atomic mass is 10.0. The van der Waals surface area contributed by atoms with Crippen LogP contribution in [0.5, 0.6) is 11.5 Å². The number of phenolic OH excluding ortho intramolecular Hbond substituents is 1. The van der Waals surface area contributed by atoms with Crippen molar-refractivity contribution in [2.45, 2.75) is 13.3 Å². The van der Waals surface area contributed by atoms with Crippen molar-refractivity contribution in [2.75, 3.05) is 11.5 Å². The molecule has 2 aromatic carbocycles. The minimum atomic E-state index is -0.826. The van der Waals surface area contributed by atoms with Gasteiger partial charge >= 0.3 is 6.03 Å². The highest BCUT2D eigenvalue weighted by Crippen LogP contribution is 2.34. The zero-order chi connectivity index (χ0) is 21.8. The molecule has 30 heavy (non-hydrogen) atoms. The van der Waals surface area contributed by atoms with Crippen molar-refractivity contribution in [3.63, 3.8) is 0 Å². The summed E-state index contributed by atoms with van der Waals surface area (Å²) in [7, 11) is 0. The third kappa shape index (κ3) is 4.28. The van der Waals surface area contributed by atoms with Crippen LogP contribution in [0.4, 0.5) is 10.5 Å². The molecule has 7 nitrogen and oxygen atoms in total. The van der Waals surface area contributed by atoms with Gasteiger partial charge in [0.05, 0.1) is 12.3 Å². The second kappa shape index (κ2) is 8.96.